The van der Waals surface area contributed by atoms with Crippen LogP contribution in [0.3, 0.4) is 0 Å². The zero-order valence-corrected chi connectivity index (χ0v) is 30.7. The highest BCUT2D eigenvalue weighted by Crippen LogP contribution is 2.32. The van der Waals surface area contributed by atoms with Gasteiger partial charge in [0.1, 0.15) is 40.4 Å². The number of rotatable bonds is 8. The summed E-state index contributed by atoms with van der Waals surface area (Å²) in [6, 6.07) is 12.3. The molecule has 5 N–H and O–H groups in total. The number of likely N-dealkylation sites (tertiary alicyclic amines) is 1. The fraction of sp³-hybridized carbons (Fsp3) is 0.300. The molecule has 0 bridgehead atoms. The predicted molar refractivity (Wildman–Crippen MR) is 205 cm³/mol. The van der Waals surface area contributed by atoms with Gasteiger partial charge in [-0.1, -0.05) is 12.1 Å². The Labute approximate surface area is 311 Å². The van der Waals surface area contributed by atoms with Crippen LogP contribution in [0, 0.1) is 23.0 Å². The Morgan fingerprint density at radius 3 is 2.37 bits per heavy atom. The highest BCUT2D eigenvalue weighted by Gasteiger charge is 2.27. The SMILES string of the molecule is CC(C)n1cc(C(=O)Nc2ccc(-c3cc(C(C=NC4CCN(C(=O)OC(C)(C)C)CC4)=CN)cnc3N)c(F)c2)c(=O)c(-c2ccc(F)cc2)c1C#N. The van der Waals surface area contributed by atoms with Crippen molar-refractivity contribution in [3.8, 4) is 28.3 Å². The minimum absolute atomic E-state index is 0.0153. The van der Waals surface area contributed by atoms with Gasteiger partial charge < -0.3 is 31.0 Å². The number of nitrogens with one attached hydrogen (secondary N) is 1. The molecule has 0 aliphatic carbocycles. The van der Waals surface area contributed by atoms with Crippen molar-refractivity contribution in [2.75, 3.05) is 24.1 Å². The quantitative estimate of drug-likeness (QED) is 0.163. The number of allylic oxidation sites excluding steroid dienone is 1. The Morgan fingerprint density at radius 1 is 1.09 bits per heavy atom. The molecule has 4 aromatic rings. The van der Waals surface area contributed by atoms with E-state index in [1.54, 1.807) is 31.0 Å². The zero-order chi connectivity index (χ0) is 39.3. The maximum Gasteiger partial charge on any atom is 0.410 e. The number of aromatic nitrogens is 2. The lowest BCUT2D eigenvalue weighted by Gasteiger charge is -2.32. The van der Waals surface area contributed by atoms with Crippen molar-refractivity contribution in [2.45, 2.75) is 65.1 Å². The minimum Gasteiger partial charge on any atom is -0.444 e. The van der Waals surface area contributed by atoms with Crippen molar-refractivity contribution in [2.24, 2.45) is 10.7 Å². The van der Waals surface area contributed by atoms with E-state index in [-0.39, 0.29) is 63.2 Å². The largest absolute Gasteiger partial charge is 0.444 e. The lowest BCUT2D eigenvalue weighted by molar-refractivity contribution is 0.0207. The molecule has 54 heavy (non-hydrogen) atoms. The van der Waals surface area contributed by atoms with Crippen molar-refractivity contribution in [1.29, 1.82) is 5.26 Å². The summed E-state index contributed by atoms with van der Waals surface area (Å²) in [5, 5.41) is 12.5. The zero-order valence-electron chi connectivity index (χ0n) is 30.7. The van der Waals surface area contributed by atoms with Crippen LogP contribution in [0.2, 0.25) is 0 Å². The standard InChI is InChI=1S/C40H42F2N8O4/c1-23(2)50-22-32(36(51)35(34(50)19-44)24-6-8-27(41)9-7-24)38(52)48-29-10-11-30(33(42)17-29)31-16-25(20-47-37(31)45)26(18-43)21-46-28-12-14-49(15-13-28)39(53)54-40(3,4)5/h6-11,16-18,20-23,28H,12-15,43H2,1-5H3,(H2,45,47)(H,48,52). The number of hydrogen-bond acceptors (Lipinski definition) is 9. The highest BCUT2D eigenvalue weighted by atomic mass is 19.1. The second-order valence-corrected chi connectivity index (χ2v) is 14.1. The lowest BCUT2D eigenvalue weighted by Crippen LogP contribution is -2.42. The fourth-order valence-electron chi connectivity index (χ4n) is 5.98. The van der Waals surface area contributed by atoms with E-state index in [1.807, 2.05) is 26.8 Å². The molecule has 12 nitrogen and oxygen atoms in total. The number of halogens is 2. The van der Waals surface area contributed by atoms with Gasteiger partial charge in [-0.05, 0) is 89.4 Å². The van der Waals surface area contributed by atoms with Crippen molar-refractivity contribution in [1.82, 2.24) is 14.5 Å². The monoisotopic (exact) mass is 736 g/mol. The first-order valence-electron chi connectivity index (χ1n) is 17.4. The molecular formula is C40H42F2N8O4. The number of nitrogens with two attached hydrogens (primary N) is 2. The second kappa shape index (κ2) is 16.1. The molecule has 2 amide bonds. The van der Waals surface area contributed by atoms with Gasteiger partial charge >= 0.3 is 6.09 Å². The summed E-state index contributed by atoms with van der Waals surface area (Å²) in [6.07, 6.45) is 6.71. The summed E-state index contributed by atoms with van der Waals surface area (Å²) in [5.74, 6) is -2.03. The van der Waals surface area contributed by atoms with Crippen LogP contribution in [0.4, 0.5) is 25.1 Å². The number of amides is 2. The number of carbonyl (C=O) groups is 2. The van der Waals surface area contributed by atoms with E-state index < -0.39 is 28.6 Å². The third-order valence-corrected chi connectivity index (χ3v) is 8.76. The van der Waals surface area contributed by atoms with E-state index in [0.717, 1.165) is 18.2 Å². The van der Waals surface area contributed by atoms with E-state index in [9.17, 15) is 24.0 Å². The third kappa shape index (κ3) is 8.80. The molecule has 14 heteroatoms. The molecule has 280 valence electrons. The lowest BCUT2D eigenvalue weighted by atomic mass is 9.99. The third-order valence-electron chi connectivity index (χ3n) is 8.76. The van der Waals surface area contributed by atoms with Crippen molar-refractivity contribution < 1.29 is 23.1 Å². The van der Waals surface area contributed by atoms with E-state index in [2.05, 4.69) is 15.3 Å². The average molecular weight is 737 g/mol. The molecule has 0 spiro atoms. The van der Waals surface area contributed by atoms with Gasteiger partial charge in [-0.3, -0.25) is 14.6 Å². The van der Waals surface area contributed by atoms with Crippen LogP contribution in [0.15, 0.2) is 76.9 Å². The molecular weight excluding hydrogens is 694 g/mol. The van der Waals surface area contributed by atoms with E-state index >= 15 is 4.39 Å². The summed E-state index contributed by atoms with van der Waals surface area (Å²) in [5.41, 5.74) is 12.3. The molecule has 0 saturated carbocycles. The maximum atomic E-state index is 15.7. The van der Waals surface area contributed by atoms with Gasteiger partial charge in [0, 0.05) is 71.9 Å². The molecule has 0 atom stereocenters. The molecule has 1 aliphatic heterocycles. The van der Waals surface area contributed by atoms with E-state index in [0.29, 0.717) is 37.1 Å². The Bertz CT molecular complexity index is 2230. The summed E-state index contributed by atoms with van der Waals surface area (Å²) < 4.78 is 36.4. The van der Waals surface area contributed by atoms with Gasteiger partial charge in [-0.2, -0.15) is 5.26 Å². The molecule has 1 aliphatic rings. The van der Waals surface area contributed by atoms with Crippen LogP contribution in [0.5, 0.6) is 0 Å². The number of piperidine rings is 1. The van der Waals surface area contributed by atoms with E-state index in [1.165, 1.54) is 47.4 Å². The van der Waals surface area contributed by atoms with Gasteiger partial charge in [0.05, 0.1) is 11.6 Å². The van der Waals surface area contributed by atoms with Gasteiger partial charge in [-0.25, -0.2) is 18.6 Å². The second-order valence-electron chi connectivity index (χ2n) is 14.1. The van der Waals surface area contributed by atoms with Crippen LogP contribution in [0.25, 0.3) is 27.8 Å². The first-order chi connectivity index (χ1) is 25.6. The van der Waals surface area contributed by atoms with Crippen LogP contribution in [-0.2, 0) is 4.74 Å². The molecule has 2 aromatic heterocycles. The van der Waals surface area contributed by atoms with Crippen molar-refractivity contribution >= 4 is 35.3 Å². The molecule has 1 fully saturated rings. The minimum atomic E-state index is -0.829. The average Bonchev–Trinajstić information content (AvgIpc) is 3.12. The normalized spacial score (nSPS) is 14.0. The Morgan fingerprint density at radius 2 is 1.78 bits per heavy atom. The number of anilines is 2. The van der Waals surface area contributed by atoms with E-state index in [4.69, 9.17) is 16.2 Å². The summed E-state index contributed by atoms with van der Waals surface area (Å²) in [6.45, 7) is 10.0. The fourth-order valence-corrected chi connectivity index (χ4v) is 5.98. The van der Waals surface area contributed by atoms with Crippen LogP contribution < -0.4 is 22.2 Å². The number of benzene rings is 2. The predicted octanol–water partition coefficient (Wildman–Crippen LogP) is 6.91. The first-order valence-corrected chi connectivity index (χ1v) is 17.4. The number of hydrogen-bond donors (Lipinski definition) is 3. The molecule has 1 saturated heterocycles. The molecule has 0 radical (unpaired) electrons. The Balaban J connectivity index is 1.35. The van der Waals surface area contributed by atoms with Crippen LogP contribution >= 0.6 is 0 Å². The Hall–Kier alpha value is -6.36. The molecule has 0 unspecified atom stereocenters. The number of nitrogen functional groups attached to an aromatic ring is 1. The number of nitriles is 1. The van der Waals surface area contributed by atoms with Crippen LogP contribution in [0.1, 0.15) is 75.1 Å². The number of carbonyl (C=O) groups excluding carboxylic acids is 2. The molecule has 5 rings (SSSR count). The number of ether oxygens (including phenoxy) is 1. The van der Waals surface area contributed by atoms with Crippen molar-refractivity contribution in [3.63, 3.8) is 0 Å². The number of nitrogens with zero attached hydrogens (tertiary/aromatic N) is 5. The summed E-state index contributed by atoms with van der Waals surface area (Å²) >= 11 is 0. The Kier molecular flexibility index (Phi) is 11.6. The highest BCUT2D eigenvalue weighted by molar-refractivity contribution is 6.10. The van der Waals surface area contributed by atoms with Crippen molar-refractivity contribution in [3.05, 3.63) is 106 Å². The number of aliphatic imine (C=N–C) groups is 1. The smallest absolute Gasteiger partial charge is 0.410 e. The van der Waals surface area contributed by atoms with Gasteiger partial charge in [-0.15, -0.1) is 0 Å². The van der Waals surface area contributed by atoms with Crippen LogP contribution in [-0.4, -0.2) is 57.4 Å². The van der Waals surface area contributed by atoms with Gasteiger partial charge in [0.25, 0.3) is 5.91 Å². The molecule has 3 heterocycles. The van der Waals surface area contributed by atoms with Gasteiger partial charge in [0.2, 0.25) is 5.43 Å². The van der Waals surface area contributed by atoms with Gasteiger partial charge in [0.15, 0.2) is 0 Å². The topological polar surface area (TPSA) is 182 Å². The summed E-state index contributed by atoms with van der Waals surface area (Å²) in [4.78, 5) is 50.2. The molecule has 2 aromatic carbocycles. The maximum absolute atomic E-state index is 15.7. The number of pyridine rings is 2. The first kappa shape index (κ1) is 38.9. The summed E-state index contributed by atoms with van der Waals surface area (Å²) in [7, 11) is 0.